The number of allylic oxidation sites excluding steroid dienone is 1. The lowest BCUT2D eigenvalue weighted by Crippen LogP contribution is -2.35. The van der Waals surface area contributed by atoms with Crippen LogP contribution in [0.25, 0.3) is 0 Å². The largest absolute Gasteiger partial charge is 0.481 e. The lowest BCUT2D eigenvalue weighted by molar-refractivity contribution is -0.167. The van der Waals surface area contributed by atoms with Crippen LogP contribution in [0.2, 0.25) is 0 Å². The molecule has 2 N–H and O–H groups in total. The summed E-state index contributed by atoms with van der Waals surface area (Å²) in [6, 6.07) is 8.98. The Hall–Kier alpha value is -2.63. The molecular weight excluding hydrogens is 348 g/mol. The summed E-state index contributed by atoms with van der Waals surface area (Å²) in [5, 5.41) is 18.7. The number of esters is 1. The van der Waals surface area contributed by atoms with Crippen LogP contribution < -0.4 is 0 Å². The molecule has 4 unspecified atom stereocenters. The van der Waals surface area contributed by atoms with E-state index < -0.39 is 41.8 Å². The van der Waals surface area contributed by atoms with E-state index >= 15 is 0 Å². The van der Waals surface area contributed by atoms with E-state index in [9.17, 15) is 24.6 Å². The Kier molecular flexibility index (Phi) is 7.58. The quantitative estimate of drug-likeness (QED) is 0.503. The maximum atomic E-state index is 12.8. The molecule has 1 aromatic rings. The number of carbonyl (C=O) groups is 3. The van der Waals surface area contributed by atoms with E-state index in [2.05, 4.69) is 6.58 Å². The Morgan fingerprint density at radius 1 is 1.11 bits per heavy atom. The molecule has 0 bridgehead atoms. The molecule has 1 saturated carbocycles. The van der Waals surface area contributed by atoms with Crippen molar-refractivity contribution >= 4 is 17.9 Å². The summed E-state index contributed by atoms with van der Waals surface area (Å²) in [5.74, 6) is -4.45. The van der Waals surface area contributed by atoms with Crippen molar-refractivity contribution in [2.45, 2.75) is 44.6 Å². The molecule has 6 heteroatoms. The van der Waals surface area contributed by atoms with Gasteiger partial charge in [0.15, 0.2) is 0 Å². The Morgan fingerprint density at radius 2 is 1.74 bits per heavy atom. The summed E-state index contributed by atoms with van der Waals surface area (Å²) in [6.07, 6.45) is 3.53. The van der Waals surface area contributed by atoms with Crippen molar-refractivity contribution in [3.63, 3.8) is 0 Å². The van der Waals surface area contributed by atoms with Crippen molar-refractivity contribution < 1.29 is 29.3 Å². The van der Waals surface area contributed by atoms with Crippen LogP contribution >= 0.6 is 0 Å². The third-order valence-corrected chi connectivity index (χ3v) is 5.09. The normalized spacial score (nSPS) is 21.6. The van der Waals surface area contributed by atoms with Gasteiger partial charge in [-0.25, -0.2) is 0 Å². The predicted octanol–water partition coefficient (Wildman–Crippen LogP) is 3.83. The summed E-state index contributed by atoms with van der Waals surface area (Å²) in [6.45, 7) is 3.68. The van der Waals surface area contributed by atoms with Crippen molar-refractivity contribution in [3.8, 4) is 0 Å². The van der Waals surface area contributed by atoms with E-state index in [1.807, 2.05) is 6.07 Å². The van der Waals surface area contributed by atoms with E-state index in [0.29, 0.717) is 24.8 Å². The number of ether oxygens (including phenoxy) is 1. The Bertz CT molecular complexity index is 669. The van der Waals surface area contributed by atoms with E-state index in [1.54, 1.807) is 30.3 Å². The van der Waals surface area contributed by atoms with Crippen LogP contribution in [-0.4, -0.2) is 28.1 Å². The van der Waals surface area contributed by atoms with Gasteiger partial charge >= 0.3 is 17.9 Å². The molecule has 146 valence electrons. The maximum Gasteiger partial charge on any atom is 0.310 e. The first-order chi connectivity index (χ1) is 12.9. The first-order valence-electron chi connectivity index (χ1n) is 9.25. The number of benzene rings is 1. The highest BCUT2D eigenvalue weighted by Crippen LogP contribution is 2.36. The molecule has 0 spiro atoms. The van der Waals surface area contributed by atoms with Crippen molar-refractivity contribution in [2.75, 3.05) is 0 Å². The lowest BCUT2D eigenvalue weighted by Gasteiger charge is -2.31. The van der Waals surface area contributed by atoms with E-state index in [1.165, 1.54) is 0 Å². The zero-order valence-electron chi connectivity index (χ0n) is 15.3. The van der Waals surface area contributed by atoms with Gasteiger partial charge in [-0.15, -0.1) is 6.58 Å². The molecule has 0 radical (unpaired) electrons. The van der Waals surface area contributed by atoms with Crippen LogP contribution in [0.1, 0.15) is 50.2 Å². The number of aliphatic carboxylic acids is 2. The molecule has 0 aromatic heterocycles. The molecule has 0 saturated heterocycles. The van der Waals surface area contributed by atoms with Crippen molar-refractivity contribution in [3.05, 3.63) is 48.6 Å². The van der Waals surface area contributed by atoms with E-state index in [-0.39, 0.29) is 6.42 Å². The minimum atomic E-state index is -0.986. The summed E-state index contributed by atoms with van der Waals surface area (Å²) < 4.78 is 5.76. The summed E-state index contributed by atoms with van der Waals surface area (Å²) in [7, 11) is 0. The molecular formula is C21H26O6. The average Bonchev–Trinajstić information content (AvgIpc) is 2.66. The molecule has 2 rings (SSSR count). The highest BCUT2D eigenvalue weighted by molar-refractivity contribution is 5.81. The second kappa shape index (κ2) is 9.90. The molecule has 27 heavy (non-hydrogen) atoms. The van der Waals surface area contributed by atoms with Gasteiger partial charge in [0.05, 0.1) is 18.3 Å². The van der Waals surface area contributed by atoms with Gasteiger partial charge in [0.1, 0.15) is 6.10 Å². The van der Waals surface area contributed by atoms with E-state index in [4.69, 9.17) is 4.74 Å². The highest BCUT2D eigenvalue weighted by atomic mass is 16.5. The van der Waals surface area contributed by atoms with Gasteiger partial charge in [-0.05, 0) is 24.8 Å². The average molecular weight is 374 g/mol. The molecule has 1 aliphatic carbocycles. The van der Waals surface area contributed by atoms with Crippen LogP contribution in [0, 0.1) is 17.8 Å². The summed E-state index contributed by atoms with van der Waals surface area (Å²) in [4.78, 5) is 35.6. The van der Waals surface area contributed by atoms with Crippen LogP contribution in [0.3, 0.4) is 0 Å². The molecule has 0 heterocycles. The third kappa shape index (κ3) is 5.67. The zero-order chi connectivity index (χ0) is 19.8. The minimum Gasteiger partial charge on any atom is -0.481 e. The van der Waals surface area contributed by atoms with Crippen LogP contribution in [0.15, 0.2) is 43.0 Å². The third-order valence-electron chi connectivity index (χ3n) is 5.09. The first-order valence-corrected chi connectivity index (χ1v) is 9.25. The number of carbonyl (C=O) groups excluding carboxylic acids is 1. The standard InChI is InChI=1S/C21H26O6/c1-2-8-15(13-18(22)23)19(14-9-4-3-5-10-14)27-21(26)17-12-7-6-11-16(17)20(24)25/h2-5,9-10,15-17,19H,1,6-8,11-13H2,(H,22,23)(H,24,25). The van der Waals surface area contributed by atoms with Crippen molar-refractivity contribution in [1.82, 2.24) is 0 Å². The molecule has 1 aliphatic rings. The topological polar surface area (TPSA) is 101 Å². The molecule has 4 atom stereocenters. The van der Waals surface area contributed by atoms with E-state index in [0.717, 1.165) is 12.8 Å². The van der Waals surface area contributed by atoms with Crippen LogP contribution in [0.4, 0.5) is 0 Å². The van der Waals surface area contributed by atoms with Gasteiger partial charge in [0.2, 0.25) is 0 Å². The van der Waals surface area contributed by atoms with Gasteiger partial charge in [-0.3, -0.25) is 14.4 Å². The molecule has 1 aromatic carbocycles. The molecule has 0 amide bonds. The number of carboxylic acids is 2. The number of rotatable bonds is 9. The number of hydrogen-bond acceptors (Lipinski definition) is 4. The van der Waals surface area contributed by atoms with Crippen molar-refractivity contribution in [2.24, 2.45) is 17.8 Å². The lowest BCUT2D eigenvalue weighted by atomic mass is 9.79. The van der Waals surface area contributed by atoms with Gasteiger partial charge in [0.25, 0.3) is 0 Å². The fourth-order valence-electron chi connectivity index (χ4n) is 3.75. The maximum absolute atomic E-state index is 12.8. The Labute approximate surface area is 158 Å². The van der Waals surface area contributed by atoms with Crippen LogP contribution in [-0.2, 0) is 19.1 Å². The predicted molar refractivity (Wildman–Crippen MR) is 98.9 cm³/mol. The zero-order valence-corrected chi connectivity index (χ0v) is 15.3. The Balaban J connectivity index is 2.27. The fourth-order valence-corrected chi connectivity index (χ4v) is 3.75. The summed E-state index contributed by atoms with van der Waals surface area (Å²) in [5.41, 5.74) is 0.696. The molecule has 0 aliphatic heterocycles. The van der Waals surface area contributed by atoms with Gasteiger partial charge in [-0.1, -0.05) is 49.2 Å². The second-order valence-corrected chi connectivity index (χ2v) is 6.99. The van der Waals surface area contributed by atoms with Crippen molar-refractivity contribution in [1.29, 1.82) is 0 Å². The van der Waals surface area contributed by atoms with Crippen LogP contribution in [0.5, 0.6) is 0 Å². The minimum absolute atomic E-state index is 0.175. The number of carboxylic acid groups (broad SMARTS) is 2. The monoisotopic (exact) mass is 374 g/mol. The highest BCUT2D eigenvalue weighted by Gasteiger charge is 2.39. The second-order valence-electron chi connectivity index (χ2n) is 6.99. The molecule has 6 nitrogen and oxygen atoms in total. The Morgan fingerprint density at radius 3 is 2.30 bits per heavy atom. The van der Waals surface area contributed by atoms with Gasteiger partial charge in [0, 0.05) is 5.92 Å². The van der Waals surface area contributed by atoms with Gasteiger partial charge < -0.3 is 14.9 Å². The fraction of sp³-hybridized carbons (Fsp3) is 0.476. The smallest absolute Gasteiger partial charge is 0.310 e. The summed E-state index contributed by atoms with van der Waals surface area (Å²) >= 11 is 0. The SMILES string of the molecule is C=CCC(CC(=O)O)C(OC(=O)C1CCCCC1C(=O)O)c1ccccc1. The van der Waals surface area contributed by atoms with Gasteiger partial charge in [-0.2, -0.15) is 0 Å². The first kappa shape index (κ1) is 20.7. The number of hydrogen-bond donors (Lipinski definition) is 2. The molecule has 1 fully saturated rings.